The maximum atomic E-state index is 6.55. The third kappa shape index (κ3) is 3.29. The van der Waals surface area contributed by atoms with Gasteiger partial charge < -0.3 is 20.3 Å². The van der Waals surface area contributed by atoms with E-state index in [0.717, 1.165) is 85.9 Å². The Bertz CT molecular complexity index is 1090. The molecule has 0 amide bonds. The predicted octanol–water partition coefficient (Wildman–Crippen LogP) is 3.85. The summed E-state index contributed by atoms with van der Waals surface area (Å²) < 4.78 is 6.55. The van der Waals surface area contributed by atoms with Crippen molar-refractivity contribution in [1.82, 2.24) is 20.3 Å². The number of nitrogens with one attached hydrogen (secondary N) is 2. The summed E-state index contributed by atoms with van der Waals surface area (Å²) >= 11 is 0. The van der Waals surface area contributed by atoms with Gasteiger partial charge >= 0.3 is 0 Å². The Morgan fingerprint density at radius 1 is 0.935 bits per heavy atom. The second kappa shape index (κ2) is 7.50. The van der Waals surface area contributed by atoms with Gasteiger partial charge in [-0.3, -0.25) is 0 Å². The van der Waals surface area contributed by atoms with Gasteiger partial charge in [0.2, 0.25) is 5.95 Å². The first kappa shape index (κ1) is 18.6. The molecule has 4 heterocycles. The molecule has 1 spiro atoms. The lowest BCUT2D eigenvalue weighted by Crippen LogP contribution is -2.43. The van der Waals surface area contributed by atoms with Crippen LogP contribution < -0.4 is 20.3 Å². The van der Waals surface area contributed by atoms with Crippen LogP contribution in [0.5, 0.6) is 5.75 Å². The van der Waals surface area contributed by atoms with Crippen molar-refractivity contribution in [1.29, 1.82) is 0 Å². The monoisotopic (exact) mass is 414 g/mol. The molecule has 158 valence electrons. The van der Waals surface area contributed by atoms with Gasteiger partial charge in [0.15, 0.2) is 5.60 Å². The highest BCUT2D eigenvalue weighted by molar-refractivity contribution is 5.75. The van der Waals surface area contributed by atoms with Crippen LogP contribution in [0.1, 0.15) is 31.4 Å². The fraction of sp³-hybridized carbons (Fsp3) is 0.375. The van der Waals surface area contributed by atoms with E-state index in [0.29, 0.717) is 5.95 Å². The molecule has 1 aromatic carbocycles. The van der Waals surface area contributed by atoms with Crippen molar-refractivity contribution in [2.45, 2.75) is 31.3 Å². The Hall–Kier alpha value is -3.19. The molecule has 0 radical (unpaired) electrons. The fourth-order valence-electron chi connectivity index (χ4n) is 4.99. The fourth-order valence-corrected chi connectivity index (χ4v) is 4.99. The predicted molar refractivity (Wildman–Crippen MR) is 121 cm³/mol. The average molecular weight is 415 g/mol. The average Bonchev–Trinajstić information content (AvgIpc) is 3.29. The third-order valence-corrected chi connectivity index (χ3v) is 6.58. The van der Waals surface area contributed by atoms with E-state index >= 15 is 0 Å². The van der Waals surface area contributed by atoms with Crippen LogP contribution >= 0.6 is 0 Å². The Labute approximate surface area is 181 Å². The van der Waals surface area contributed by atoms with E-state index in [9.17, 15) is 0 Å². The summed E-state index contributed by atoms with van der Waals surface area (Å²) in [5.41, 5.74) is 3.95. The van der Waals surface area contributed by atoms with Gasteiger partial charge in [-0.1, -0.05) is 18.2 Å². The van der Waals surface area contributed by atoms with Gasteiger partial charge in [-0.15, -0.1) is 0 Å². The van der Waals surface area contributed by atoms with Crippen molar-refractivity contribution in [3.05, 3.63) is 54.5 Å². The SMILES string of the molecule is c1ccc2c(c1)OC1(CCCC1)c1nc(Nc3ccc(N4CCNCC4)cn3)ncc1-2. The molecule has 6 rings (SSSR count). The van der Waals surface area contributed by atoms with Crippen LogP contribution in [0.15, 0.2) is 48.8 Å². The van der Waals surface area contributed by atoms with Gasteiger partial charge in [-0.05, 0) is 43.9 Å². The number of fused-ring (bicyclic) bond motifs is 4. The van der Waals surface area contributed by atoms with Crippen molar-refractivity contribution in [3.8, 4) is 16.9 Å². The Kier molecular flexibility index (Phi) is 4.49. The molecule has 2 aliphatic heterocycles. The van der Waals surface area contributed by atoms with E-state index in [1.807, 2.05) is 36.7 Å². The summed E-state index contributed by atoms with van der Waals surface area (Å²) in [7, 11) is 0. The molecule has 3 aliphatic rings. The minimum Gasteiger partial charge on any atom is -0.480 e. The number of hydrogen-bond acceptors (Lipinski definition) is 7. The highest BCUT2D eigenvalue weighted by atomic mass is 16.5. The normalized spacial score (nSPS) is 18.9. The number of pyridine rings is 1. The molecule has 7 nitrogen and oxygen atoms in total. The first-order valence-electron chi connectivity index (χ1n) is 11.2. The van der Waals surface area contributed by atoms with Crippen LogP contribution in [-0.2, 0) is 5.60 Å². The van der Waals surface area contributed by atoms with Gasteiger partial charge in [-0.2, -0.15) is 0 Å². The number of ether oxygens (including phenoxy) is 1. The Morgan fingerprint density at radius 2 is 1.77 bits per heavy atom. The Morgan fingerprint density at radius 3 is 2.58 bits per heavy atom. The number of rotatable bonds is 3. The summed E-state index contributed by atoms with van der Waals surface area (Å²) in [6.07, 6.45) is 8.14. The largest absolute Gasteiger partial charge is 0.480 e. The highest BCUT2D eigenvalue weighted by Crippen LogP contribution is 2.51. The highest BCUT2D eigenvalue weighted by Gasteiger charge is 2.45. The maximum absolute atomic E-state index is 6.55. The number of piperazine rings is 1. The summed E-state index contributed by atoms with van der Waals surface area (Å²) in [5.74, 6) is 2.25. The lowest BCUT2D eigenvalue weighted by atomic mass is 9.87. The summed E-state index contributed by atoms with van der Waals surface area (Å²) in [6, 6.07) is 12.3. The molecule has 2 fully saturated rings. The molecule has 0 bridgehead atoms. The molecule has 2 aromatic heterocycles. The van der Waals surface area contributed by atoms with E-state index in [4.69, 9.17) is 9.72 Å². The van der Waals surface area contributed by atoms with Gasteiger partial charge in [0.25, 0.3) is 0 Å². The minimum absolute atomic E-state index is 0.345. The number of nitrogens with zero attached hydrogens (tertiary/aromatic N) is 4. The minimum atomic E-state index is -0.345. The third-order valence-electron chi connectivity index (χ3n) is 6.58. The number of anilines is 3. The van der Waals surface area contributed by atoms with Crippen LogP contribution in [0, 0.1) is 0 Å². The number of aromatic nitrogens is 3. The second-order valence-electron chi connectivity index (χ2n) is 8.52. The standard InChI is InChI=1S/C24H26N6O/c1-2-6-20-18(5-1)19-16-27-23(29-22(19)24(31-20)9-3-4-10-24)28-21-8-7-17(15-26-21)30-13-11-25-12-14-30/h1-2,5-8,15-16,25H,3-4,9-14H2,(H,26,27,28,29). The molecule has 1 saturated heterocycles. The second-order valence-corrected chi connectivity index (χ2v) is 8.52. The van der Waals surface area contributed by atoms with Crippen LogP contribution in [0.2, 0.25) is 0 Å². The number of benzene rings is 1. The molecular weight excluding hydrogens is 388 g/mol. The van der Waals surface area contributed by atoms with Gasteiger partial charge in [-0.25, -0.2) is 15.0 Å². The van der Waals surface area contributed by atoms with Crippen molar-refractivity contribution in [3.63, 3.8) is 0 Å². The zero-order valence-electron chi connectivity index (χ0n) is 17.5. The molecule has 3 aromatic rings. The molecule has 1 aliphatic carbocycles. The van der Waals surface area contributed by atoms with Gasteiger partial charge in [0.1, 0.15) is 11.6 Å². The van der Waals surface area contributed by atoms with Crippen molar-refractivity contribution < 1.29 is 4.74 Å². The molecule has 0 atom stereocenters. The van der Waals surface area contributed by atoms with Crippen molar-refractivity contribution >= 4 is 17.5 Å². The number of hydrogen-bond donors (Lipinski definition) is 2. The van der Waals surface area contributed by atoms with E-state index in [2.05, 4.69) is 37.6 Å². The van der Waals surface area contributed by atoms with Crippen LogP contribution in [0.25, 0.3) is 11.1 Å². The van der Waals surface area contributed by atoms with Crippen molar-refractivity contribution in [2.75, 3.05) is 36.4 Å². The van der Waals surface area contributed by atoms with E-state index < -0.39 is 0 Å². The van der Waals surface area contributed by atoms with Gasteiger partial charge in [0.05, 0.1) is 17.6 Å². The summed E-state index contributed by atoms with van der Waals surface area (Å²) in [5, 5.41) is 6.67. The topological polar surface area (TPSA) is 75.2 Å². The quantitative estimate of drug-likeness (QED) is 0.674. The summed E-state index contributed by atoms with van der Waals surface area (Å²) in [6.45, 7) is 4.03. The van der Waals surface area contributed by atoms with Crippen LogP contribution in [-0.4, -0.2) is 41.1 Å². The smallest absolute Gasteiger partial charge is 0.228 e. The zero-order valence-corrected chi connectivity index (χ0v) is 17.5. The molecule has 31 heavy (non-hydrogen) atoms. The van der Waals surface area contributed by atoms with E-state index in [1.165, 1.54) is 0 Å². The lowest BCUT2D eigenvalue weighted by molar-refractivity contribution is 0.0664. The summed E-state index contributed by atoms with van der Waals surface area (Å²) in [4.78, 5) is 16.5. The molecule has 7 heteroatoms. The first-order valence-corrected chi connectivity index (χ1v) is 11.2. The Balaban J connectivity index is 1.30. The molecule has 1 saturated carbocycles. The van der Waals surface area contributed by atoms with E-state index in [1.54, 1.807) is 0 Å². The van der Waals surface area contributed by atoms with E-state index in [-0.39, 0.29) is 5.60 Å². The molecule has 2 N–H and O–H groups in total. The molecular formula is C24H26N6O. The number of para-hydroxylation sites is 1. The van der Waals surface area contributed by atoms with Crippen molar-refractivity contribution in [2.24, 2.45) is 0 Å². The van der Waals surface area contributed by atoms with Crippen LogP contribution in [0.4, 0.5) is 17.5 Å². The molecule has 0 unspecified atom stereocenters. The van der Waals surface area contributed by atoms with Crippen LogP contribution in [0.3, 0.4) is 0 Å². The lowest BCUT2D eigenvalue weighted by Gasteiger charge is -2.36. The maximum Gasteiger partial charge on any atom is 0.228 e. The zero-order chi connectivity index (χ0) is 20.7. The van der Waals surface area contributed by atoms with Gasteiger partial charge in [0, 0.05) is 43.5 Å². The first-order chi connectivity index (χ1) is 15.3.